The number of rotatable bonds is 21. The van der Waals surface area contributed by atoms with Crippen molar-refractivity contribution < 1.29 is 42.7 Å². The van der Waals surface area contributed by atoms with Gasteiger partial charge in [-0.3, -0.25) is 15.5 Å². The Labute approximate surface area is 528 Å². The number of amides is 4. The molecule has 89 heavy (non-hydrogen) atoms. The van der Waals surface area contributed by atoms with Crippen molar-refractivity contribution in [2.75, 3.05) is 45.4 Å². The number of fused-ring (bicyclic) bond motifs is 3. The van der Waals surface area contributed by atoms with E-state index in [9.17, 15) is 19.2 Å². The van der Waals surface area contributed by atoms with E-state index in [1.54, 1.807) is 9.80 Å². The van der Waals surface area contributed by atoms with E-state index in [4.69, 9.17) is 23.9 Å². The van der Waals surface area contributed by atoms with Gasteiger partial charge in [0.1, 0.15) is 33.4 Å². The quantitative estimate of drug-likeness (QED) is 0.0271. The molecule has 1 aromatic heterocycles. The number of ether oxygens (including phenoxy) is 4. The summed E-state index contributed by atoms with van der Waals surface area (Å²) in [4.78, 5) is 65.2. The van der Waals surface area contributed by atoms with Crippen LogP contribution in [0.2, 0.25) is 0 Å². The highest BCUT2D eigenvalue weighted by atomic mass is 16.6. The fourth-order valence-corrected chi connectivity index (χ4v) is 10.6. The van der Waals surface area contributed by atoms with Gasteiger partial charge in [0.2, 0.25) is 16.7 Å². The number of anilines is 6. The third-order valence-electron chi connectivity index (χ3n) is 14.5. The Kier molecular flexibility index (Phi) is 22.4. The molecule has 16 nitrogen and oxygen atoms in total. The van der Waals surface area contributed by atoms with Gasteiger partial charge in [0.25, 0.3) is 0 Å². The average Bonchev–Trinajstić information content (AvgIpc) is 0.763. The summed E-state index contributed by atoms with van der Waals surface area (Å²) < 4.78 is 25.5. The zero-order chi connectivity index (χ0) is 65.0. The molecule has 0 saturated carbocycles. The molecule has 1 aliphatic heterocycles. The summed E-state index contributed by atoms with van der Waals surface area (Å²) in [7, 11) is 0. The highest BCUT2D eigenvalue weighted by molar-refractivity contribution is 5.96. The smallest absolute Gasteiger partial charge is 0.414 e. The fraction of sp³-hybridized carbons (Fsp3) is 0.452. The minimum Gasteiger partial charge on any atom is -0.444 e. The van der Waals surface area contributed by atoms with Crippen LogP contribution in [0.3, 0.4) is 0 Å². The summed E-state index contributed by atoms with van der Waals surface area (Å²) in [5.74, 6) is 0. The Hall–Kier alpha value is -8.40. The number of para-hydroxylation sites is 2. The SMILES string of the molecule is C=C(C)/C=C1/Nc2cc(C)c(NC(=O)OC(C)(C)C)cc2N(c2ccccc2)/C1=C/CN(CCCCCCCCCCCCN(C(=O)OC(C)(C)C)c1cc2c(cc1C)nc1cc(C)c(NC(=O)OC(C)(C)C)cc1[n+]2-c1ccccc1)C(=O)OC(C)(C)C. The fourth-order valence-electron chi connectivity index (χ4n) is 10.6. The maximum absolute atomic E-state index is 14.2. The van der Waals surface area contributed by atoms with Crippen LogP contribution in [0.25, 0.3) is 27.8 Å². The number of carbonyl (C=O) groups excluding carboxylic acids is 4. The van der Waals surface area contributed by atoms with Gasteiger partial charge >= 0.3 is 24.4 Å². The van der Waals surface area contributed by atoms with Gasteiger partial charge in [-0.1, -0.05) is 99.9 Å². The van der Waals surface area contributed by atoms with Gasteiger partial charge in [0.05, 0.1) is 34.1 Å². The molecule has 0 radical (unpaired) electrons. The number of hydrogen-bond acceptors (Lipinski definition) is 11. The Balaban J connectivity index is 0.989. The Morgan fingerprint density at radius 2 is 1.06 bits per heavy atom. The van der Waals surface area contributed by atoms with E-state index in [0.717, 1.165) is 148 Å². The number of benzene rings is 5. The van der Waals surface area contributed by atoms with Crippen LogP contribution >= 0.6 is 0 Å². The molecule has 0 saturated heterocycles. The van der Waals surface area contributed by atoms with Gasteiger partial charge in [-0.15, -0.1) is 4.57 Å². The van der Waals surface area contributed by atoms with E-state index in [1.165, 1.54) is 0 Å². The molecular formula is C73H97N8O8+. The van der Waals surface area contributed by atoms with E-state index < -0.39 is 40.7 Å². The van der Waals surface area contributed by atoms with E-state index in [-0.39, 0.29) is 12.6 Å². The summed E-state index contributed by atoms with van der Waals surface area (Å²) >= 11 is 0. The molecule has 2 heterocycles. The lowest BCUT2D eigenvalue weighted by Gasteiger charge is -2.37. The minimum atomic E-state index is -0.706. The first-order valence-electron chi connectivity index (χ1n) is 31.5. The predicted molar refractivity (Wildman–Crippen MR) is 362 cm³/mol. The lowest BCUT2D eigenvalue weighted by atomic mass is 10.0. The highest BCUT2D eigenvalue weighted by Gasteiger charge is 2.32. The lowest BCUT2D eigenvalue weighted by Crippen LogP contribution is -2.38. The monoisotopic (exact) mass is 1210 g/mol. The lowest BCUT2D eigenvalue weighted by molar-refractivity contribution is -0.538. The zero-order valence-corrected chi connectivity index (χ0v) is 55.8. The molecule has 0 spiro atoms. The van der Waals surface area contributed by atoms with Crippen molar-refractivity contribution in [2.45, 2.75) is 197 Å². The van der Waals surface area contributed by atoms with Crippen LogP contribution in [-0.4, -0.2) is 76.3 Å². The average molecular weight is 1210 g/mol. The number of hydrogen-bond donors (Lipinski definition) is 3. The first-order chi connectivity index (χ1) is 41.8. The summed E-state index contributed by atoms with van der Waals surface area (Å²) in [5.41, 5.74) is 10.9. The van der Waals surface area contributed by atoms with Crippen LogP contribution in [-0.2, 0) is 18.9 Å². The van der Waals surface area contributed by atoms with Crippen molar-refractivity contribution in [3.05, 3.63) is 149 Å². The highest BCUT2D eigenvalue weighted by Crippen LogP contribution is 2.45. The predicted octanol–water partition coefficient (Wildman–Crippen LogP) is 18.8. The molecule has 0 unspecified atom stereocenters. The Morgan fingerprint density at radius 1 is 0.584 bits per heavy atom. The second-order valence-corrected chi connectivity index (χ2v) is 27.4. The van der Waals surface area contributed by atoms with Gasteiger partial charge in [-0.2, -0.15) is 0 Å². The topological polar surface area (TPSA) is 168 Å². The van der Waals surface area contributed by atoms with Crippen molar-refractivity contribution >= 4 is 80.6 Å². The molecule has 4 amide bonds. The largest absolute Gasteiger partial charge is 0.444 e. The van der Waals surface area contributed by atoms with Crippen LogP contribution in [0, 0.1) is 20.8 Å². The zero-order valence-electron chi connectivity index (χ0n) is 55.8. The maximum atomic E-state index is 14.2. The molecule has 1 aliphatic rings. The molecule has 7 rings (SSSR count). The number of unbranched alkanes of at least 4 members (excludes halogenated alkanes) is 9. The van der Waals surface area contributed by atoms with Crippen LogP contribution in [0.15, 0.2) is 133 Å². The molecule has 3 N–H and O–H groups in total. The molecule has 0 aliphatic carbocycles. The minimum absolute atomic E-state index is 0.284. The van der Waals surface area contributed by atoms with Crippen molar-refractivity contribution in [3.8, 4) is 5.69 Å². The first kappa shape index (κ1) is 68.1. The third-order valence-corrected chi connectivity index (χ3v) is 14.5. The normalized spacial score (nSPS) is 13.6. The van der Waals surface area contributed by atoms with E-state index in [1.807, 2.05) is 214 Å². The van der Waals surface area contributed by atoms with Crippen molar-refractivity contribution in [3.63, 3.8) is 0 Å². The van der Waals surface area contributed by atoms with Crippen molar-refractivity contribution in [1.82, 2.24) is 9.88 Å². The van der Waals surface area contributed by atoms with E-state index in [0.29, 0.717) is 24.5 Å². The molecule has 16 heteroatoms. The van der Waals surface area contributed by atoms with E-state index in [2.05, 4.69) is 38.1 Å². The molecule has 0 atom stereocenters. The summed E-state index contributed by atoms with van der Waals surface area (Å²) in [6, 6.07) is 32.0. The van der Waals surface area contributed by atoms with Crippen LogP contribution in [0.4, 0.5) is 53.3 Å². The van der Waals surface area contributed by atoms with Crippen LogP contribution < -0.4 is 30.3 Å². The molecular weight excluding hydrogens is 1120 g/mol. The van der Waals surface area contributed by atoms with Crippen LogP contribution in [0.1, 0.15) is 171 Å². The third kappa shape index (κ3) is 19.8. The van der Waals surface area contributed by atoms with E-state index >= 15 is 0 Å². The van der Waals surface area contributed by atoms with Gasteiger partial charge in [-0.05, 0) is 189 Å². The second kappa shape index (κ2) is 29.3. The molecule has 476 valence electrons. The first-order valence-corrected chi connectivity index (χ1v) is 31.5. The van der Waals surface area contributed by atoms with Crippen LogP contribution in [0.5, 0.6) is 0 Å². The second-order valence-electron chi connectivity index (χ2n) is 27.4. The van der Waals surface area contributed by atoms with Crippen molar-refractivity contribution in [1.29, 1.82) is 0 Å². The molecule has 0 bridgehead atoms. The number of nitrogens with zero attached hydrogens (tertiary/aromatic N) is 5. The van der Waals surface area contributed by atoms with Crippen molar-refractivity contribution in [2.24, 2.45) is 0 Å². The molecule has 0 fully saturated rings. The number of aryl methyl sites for hydroxylation is 3. The summed E-state index contributed by atoms with van der Waals surface area (Å²) in [6.07, 6.45) is 12.2. The maximum Gasteiger partial charge on any atom is 0.414 e. The Morgan fingerprint density at radius 3 is 1.60 bits per heavy atom. The number of aromatic nitrogens is 2. The summed E-state index contributed by atoms with van der Waals surface area (Å²) in [6.45, 7) is 35.7. The molecule has 5 aromatic carbocycles. The number of nitrogens with one attached hydrogen (secondary N) is 3. The van der Waals surface area contributed by atoms with Gasteiger partial charge in [0, 0.05) is 55.3 Å². The van der Waals surface area contributed by atoms with Gasteiger partial charge in [-0.25, -0.2) is 24.2 Å². The molecule has 6 aromatic rings. The standard InChI is InChI=1S/C73H96N8O8/c1-49(2)42-57-61(80(53-34-28-26-29-35-53)63-46-55(50(3)43-58(63)74-57)76-66(82)86-70(6,7)8)38-41-78(68(84)88-72(12,13)14)39-32-24-22-20-18-19-21-23-25-33-40-79(69(85)89-73(15,16)17)62-48-65-60(45-52(62)5)75-59-44-51(4)56(77-67(83)87-71(9,10)11)47-64(59)81(65)54-36-30-27-31-37-54/h26-31,34-38,42-48H,1,18-25,32-33,39-41H2,2-17H3,(H2,74,75,76,77,82,83)/p+1/b57-42+,61-38+. The summed E-state index contributed by atoms with van der Waals surface area (Å²) in [5, 5.41) is 9.57. The Bertz CT molecular complexity index is 3570. The number of allylic oxidation sites excluding steroid dienone is 2. The van der Waals surface area contributed by atoms with Gasteiger partial charge in [0.15, 0.2) is 0 Å². The number of carbonyl (C=O) groups is 4. The van der Waals surface area contributed by atoms with Gasteiger partial charge < -0.3 is 34.1 Å².